The fraction of sp³-hybridized carbons (Fsp3) is 0.429. The second-order valence-corrected chi connectivity index (χ2v) is 6.00. The number of carbonyl (C=O) groups excluding carboxylic acids is 1. The Morgan fingerprint density at radius 1 is 1.43 bits per heavy atom. The largest absolute Gasteiger partial charge is 0.481 e. The van der Waals surface area contributed by atoms with E-state index in [0.29, 0.717) is 5.56 Å². The molecule has 2 N–H and O–H groups in total. The first-order valence-electron chi connectivity index (χ1n) is 6.63. The van der Waals surface area contributed by atoms with Gasteiger partial charge in [-0.2, -0.15) is 4.37 Å². The van der Waals surface area contributed by atoms with Crippen LogP contribution in [0.4, 0.5) is 0 Å². The average Bonchev–Trinajstić information content (AvgIpc) is 2.79. The molecule has 112 valence electrons. The predicted molar refractivity (Wildman–Crippen MR) is 80.4 cm³/mol. The van der Waals surface area contributed by atoms with Crippen LogP contribution in [0.25, 0.3) is 10.2 Å². The van der Waals surface area contributed by atoms with Crippen LogP contribution in [0.15, 0.2) is 12.3 Å². The summed E-state index contributed by atoms with van der Waals surface area (Å²) in [7, 11) is 0. The van der Waals surface area contributed by atoms with Crippen molar-refractivity contribution in [1.82, 2.24) is 14.7 Å². The van der Waals surface area contributed by atoms with Crippen LogP contribution in [-0.4, -0.2) is 32.9 Å². The molecule has 1 unspecified atom stereocenters. The molecule has 0 spiro atoms. The Bertz CT molecular complexity index is 681. The maximum absolute atomic E-state index is 12.1. The number of carboxylic acid groups (broad SMARTS) is 1. The number of hydrogen-bond acceptors (Lipinski definition) is 5. The molecule has 1 amide bonds. The number of amides is 1. The number of nitrogens with one attached hydrogen (secondary N) is 1. The molecule has 0 fully saturated rings. The summed E-state index contributed by atoms with van der Waals surface area (Å²) in [6.45, 7) is 5.60. The number of aromatic nitrogens is 2. The highest BCUT2D eigenvalue weighted by Crippen LogP contribution is 2.20. The number of pyridine rings is 1. The van der Waals surface area contributed by atoms with E-state index >= 15 is 0 Å². The number of rotatable bonds is 5. The molecule has 0 aliphatic carbocycles. The second-order valence-electron chi connectivity index (χ2n) is 5.24. The van der Waals surface area contributed by atoms with Crippen LogP contribution in [0.5, 0.6) is 0 Å². The SMILES string of the molecule is Cc1nsc2ncc(C(=O)NCC(C(=O)O)C(C)C)cc12. The van der Waals surface area contributed by atoms with E-state index in [1.807, 2.05) is 20.8 Å². The fourth-order valence-corrected chi connectivity index (χ4v) is 2.71. The fourth-order valence-electron chi connectivity index (χ4n) is 1.98. The first-order valence-corrected chi connectivity index (χ1v) is 7.40. The van der Waals surface area contributed by atoms with Gasteiger partial charge >= 0.3 is 5.97 Å². The number of carboxylic acids is 1. The van der Waals surface area contributed by atoms with Gasteiger partial charge in [0.15, 0.2) is 0 Å². The molecule has 0 saturated heterocycles. The van der Waals surface area contributed by atoms with Crippen LogP contribution < -0.4 is 5.32 Å². The molecular weight excluding hydrogens is 290 g/mol. The molecule has 21 heavy (non-hydrogen) atoms. The van der Waals surface area contributed by atoms with Gasteiger partial charge in [0.1, 0.15) is 4.83 Å². The number of nitrogens with zero attached hydrogens (tertiary/aromatic N) is 2. The zero-order valence-corrected chi connectivity index (χ0v) is 12.9. The zero-order valence-electron chi connectivity index (χ0n) is 12.1. The molecule has 7 heteroatoms. The lowest BCUT2D eigenvalue weighted by atomic mass is 9.96. The van der Waals surface area contributed by atoms with Crippen LogP contribution in [0.2, 0.25) is 0 Å². The Labute approximate surface area is 126 Å². The second kappa shape index (κ2) is 6.17. The molecule has 0 aromatic carbocycles. The molecule has 2 aromatic rings. The van der Waals surface area contributed by atoms with E-state index in [9.17, 15) is 9.59 Å². The Balaban J connectivity index is 2.11. The maximum atomic E-state index is 12.1. The standard InChI is InChI=1S/C14H17N3O3S/c1-7(2)11(14(19)20)6-15-12(18)9-4-10-8(3)17-21-13(10)16-5-9/h4-5,7,11H,6H2,1-3H3,(H,15,18)(H,19,20). The molecule has 1 atom stereocenters. The maximum Gasteiger partial charge on any atom is 0.308 e. The van der Waals surface area contributed by atoms with Crippen LogP contribution >= 0.6 is 11.5 Å². The van der Waals surface area contributed by atoms with Gasteiger partial charge in [0.25, 0.3) is 5.91 Å². The molecule has 2 aromatic heterocycles. The number of fused-ring (bicyclic) bond motifs is 1. The number of aliphatic carboxylic acids is 1. The van der Waals surface area contributed by atoms with E-state index in [4.69, 9.17) is 5.11 Å². The first-order chi connectivity index (χ1) is 9.90. The van der Waals surface area contributed by atoms with Gasteiger partial charge in [-0.15, -0.1) is 0 Å². The topological polar surface area (TPSA) is 92.2 Å². The quantitative estimate of drug-likeness (QED) is 0.882. The number of carbonyl (C=O) groups is 2. The molecule has 0 bridgehead atoms. The summed E-state index contributed by atoms with van der Waals surface area (Å²) < 4.78 is 4.19. The van der Waals surface area contributed by atoms with Crippen LogP contribution in [0.1, 0.15) is 29.9 Å². The van der Waals surface area contributed by atoms with Crippen molar-refractivity contribution in [1.29, 1.82) is 0 Å². The minimum atomic E-state index is -0.906. The van der Waals surface area contributed by atoms with Gasteiger partial charge in [0.05, 0.1) is 17.2 Å². The molecule has 6 nitrogen and oxygen atoms in total. The van der Waals surface area contributed by atoms with Crippen molar-refractivity contribution >= 4 is 33.6 Å². The van der Waals surface area contributed by atoms with E-state index in [1.54, 1.807) is 6.07 Å². The third kappa shape index (κ3) is 3.36. The van der Waals surface area contributed by atoms with Crippen molar-refractivity contribution in [3.63, 3.8) is 0 Å². The molecule has 0 aliphatic rings. The highest BCUT2D eigenvalue weighted by atomic mass is 32.1. The van der Waals surface area contributed by atoms with Crippen molar-refractivity contribution in [2.45, 2.75) is 20.8 Å². The molecular formula is C14H17N3O3S. The van der Waals surface area contributed by atoms with Crippen molar-refractivity contribution in [2.75, 3.05) is 6.54 Å². The Morgan fingerprint density at radius 2 is 2.14 bits per heavy atom. The van der Waals surface area contributed by atoms with E-state index in [0.717, 1.165) is 15.9 Å². The van der Waals surface area contributed by atoms with Gasteiger partial charge in [0, 0.05) is 18.1 Å². The molecule has 2 heterocycles. The molecule has 0 saturated carbocycles. The van der Waals surface area contributed by atoms with Crippen LogP contribution in [0.3, 0.4) is 0 Å². The first kappa shape index (κ1) is 15.4. The lowest BCUT2D eigenvalue weighted by Crippen LogP contribution is -2.35. The summed E-state index contributed by atoms with van der Waals surface area (Å²) in [6.07, 6.45) is 1.49. The van der Waals surface area contributed by atoms with Gasteiger partial charge < -0.3 is 10.4 Å². The van der Waals surface area contributed by atoms with Crippen molar-refractivity contribution < 1.29 is 14.7 Å². The summed E-state index contributed by atoms with van der Waals surface area (Å²) in [5.74, 6) is -1.87. The number of hydrogen-bond donors (Lipinski definition) is 2. The minimum Gasteiger partial charge on any atom is -0.481 e. The van der Waals surface area contributed by atoms with E-state index in [-0.39, 0.29) is 18.4 Å². The summed E-state index contributed by atoms with van der Waals surface area (Å²) in [4.78, 5) is 28.2. The highest BCUT2D eigenvalue weighted by molar-refractivity contribution is 7.12. The van der Waals surface area contributed by atoms with E-state index in [1.165, 1.54) is 17.7 Å². The Hall–Kier alpha value is -2.02. The van der Waals surface area contributed by atoms with Crippen molar-refractivity contribution in [3.05, 3.63) is 23.5 Å². The lowest BCUT2D eigenvalue weighted by molar-refractivity contribution is -0.142. The number of aryl methyl sites for hydroxylation is 1. The third-order valence-corrected chi connectivity index (χ3v) is 4.24. The molecule has 0 aliphatic heterocycles. The van der Waals surface area contributed by atoms with Gasteiger partial charge in [-0.1, -0.05) is 13.8 Å². The van der Waals surface area contributed by atoms with Gasteiger partial charge in [-0.25, -0.2) is 4.98 Å². The van der Waals surface area contributed by atoms with E-state index in [2.05, 4.69) is 14.7 Å². The zero-order chi connectivity index (χ0) is 15.6. The third-order valence-electron chi connectivity index (χ3n) is 3.38. The van der Waals surface area contributed by atoms with Crippen molar-refractivity contribution in [3.8, 4) is 0 Å². The summed E-state index contributed by atoms with van der Waals surface area (Å²) in [5, 5.41) is 12.6. The summed E-state index contributed by atoms with van der Waals surface area (Å²) >= 11 is 1.29. The Kier molecular flexibility index (Phi) is 4.52. The highest BCUT2D eigenvalue weighted by Gasteiger charge is 2.22. The van der Waals surface area contributed by atoms with Crippen LogP contribution in [-0.2, 0) is 4.79 Å². The minimum absolute atomic E-state index is 0.0493. The van der Waals surface area contributed by atoms with Crippen molar-refractivity contribution in [2.24, 2.45) is 11.8 Å². The van der Waals surface area contributed by atoms with E-state index < -0.39 is 11.9 Å². The average molecular weight is 307 g/mol. The van der Waals surface area contributed by atoms with Gasteiger partial charge in [-0.05, 0) is 30.4 Å². The monoisotopic (exact) mass is 307 g/mol. The Morgan fingerprint density at radius 3 is 2.76 bits per heavy atom. The van der Waals surface area contributed by atoms with Gasteiger partial charge in [-0.3, -0.25) is 9.59 Å². The van der Waals surface area contributed by atoms with Gasteiger partial charge in [0.2, 0.25) is 0 Å². The predicted octanol–water partition coefficient (Wildman–Crippen LogP) is 2.09. The summed E-state index contributed by atoms with van der Waals surface area (Å²) in [5.41, 5.74) is 1.25. The van der Waals surface area contributed by atoms with Crippen LogP contribution in [0, 0.1) is 18.8 Å². The lowest BCUT2D eigenvalue weighted by Gasteiger charge is -2.16. The molecule has 0 radical (unpaired) electrons. The molecule has 2 rings (SSSR count). The smallest absolute Gasteiger partial charge is 0.308 e. The summed E-state index contributed by atoms with van der Waals surface area (Å²) in [6, 6.07) is 1.74. The normalized spacial score (nSPS) is 12.6.